The Balaban J connectivity index is 0.00000169. The first-order valence-electron chi connectivity index (χ1n) is 7.95. The predicted octanol–water partition coefficient (Wildman–Crippen LogP) is 2.97. The lowest BCUT2D eigenvalue weighted by Gasteiger charge is -2.30. The molecule has 1 fully saturated rings. The van der Waals surface area contributed by atoms with Gasteiger partial charge in [0.25, 0.3) is 11.8 Å². The van der Waals surface area contributed by atoms with E-state index in [0.717, 1.165) is 19.5 Å². The molecule has 9 heteroatoms. The molecule has 0 aromatic carbocycles. The molecule has 0 saturated carbocycles. The van der Waals surface area contributed by atoms with Gasteiger partial charge >= 0.3 is 0 Å². The molecule has 0 bridgehead atoms. The first-order chi connectivity index (χ1) is 11.6. The van der Waals surface area contributed by atoms with Gasteiger partial charge in [0.2, 0.25) is 0 Å². The van der Waals surface area contributed by atoms with E-state index in [-0.39, 0.29) is 42.7 Å². The minimum Gasteiger partial charge on any atom is -0.347 e. The van der Waals surface area contributed by atoms with Crippen molar-refractivity contribution in [2.45, 2.75) is 19.4 Å². The van der Waals surface area contributed by atoms with Crippen LogP contribution in [-0.4, -0.2) is 35.9 Å². The van der Waals surface area contributed by atoms with Crippen LogP contribution in [0.15, 0.2) is 36.0 Å². The van der Waals surface area contributed by atoms with E-state index in [9.17, 15) is 9.59 Å². The summed E-state index contributed by atoms with van der Waals surface area (Å²) < 4.78 is 0. The molecule has 2 unspecified atom stereocenters. The van der Waals surface area contributed by atoms with Crippen molar-refractivity contribution >= 4 is 53.7 Å². The Kier molecular flexibility index (Phi) is 9.01. The number of halogens is 2. The summed E-state index contributed by atoms with van der Waals surface area (Å²) >= 11 is 1.33. The second-order valence-corrected chi connectivity index (χ2v) is 6.82. The number of nitrogens with one attached hydrogen (secondary N) is 3. The molecule has 1 saturated heterocycles. The van der Waals surface area contributed by atoms with Crippen molar-refractivity contribution in [3.8, 4) is 0 Å². The van der Waals surface area contributed by atoms with Crippen LogP contribution < -0.4 is 16.0 Å². The minimum absolute atomic E-state index is 0. The molecule has 2 aromatic rings. The Labute approximate surface area is 169 Å². The van der Waals surface area contributed by atoms with E-state index in [1.165, 1.54) is 11.3 Å². The van der Waals surface area contributed by atoms with Gasteiger partial charge in [0.15, 0.2) is 0 Å². The third-order valence-corrected chi connectivity index (χ3v) is 5.12. The van der Waals surface area contributed by atoms with Gasteiger partial charge in [-0.2, -0.15) is 0 Å². The van der Waals surface area contributed by atoms with E-state index in [2.05, 4.69) is 27.9 Å². The Morgan fingerprint density at radius 1 is 1.19 bits per heavy atom. The van der Waals surface area contributed by atoms with E-state index in [1.54, 1.807) is 36.0 Å². The maximum Gasteiger partial charge on any atom is 0.263 e. The number of hydrogen-bond donors (Lipinski definition) is 3. The Morgan fingerprint density at radius 2 is 1.92 bits per heavy atom. The SMILES string of the molecule is CC1CCNCC1NC(=O)c1sccc1NC(=O)c1ccncc1.Cl.Cl. The summed E-state index contributed by atoms with van der Waals surface area (Å²) in [5.41, 5.74) is 1.04. The van der Waals surface area contributed by atoms with Crippen LogP contribution in [0, 0.1) is 5.92 Å². The summed E-state index contributed by atoms with van der Waals surface area (Å²) in [4.78, 5) is 29.2. The number of carbonyl (C=O) groups is 2. The summed E-state index contributed by atoms with van der Waals surface area (Å²) in [5, 5.41) is 11.0. The summed E-state index contributed by atoms with van der Waals surface area (Å²) in [6.07, 6.45) is 4.17. The normalized spacial score (nSPS) is 18.8. The fourth-order valence-electron chi connectivity index (χ4n) is 2.70. The van der Waals surface area contributed by atoms with Crippen molar-refractivity contribution in [3.63, 3.8) is 0 Å². The molecule has 3 heterocycles. The van der Waals surface area contributed by atoms with Crippen LogP contribution in [0.1, 0.15) is 33.4 Å². The quantitative estimate of drug-likeness (QED) is 0.715. The fourth-order valence-corrected chi connectivity index (χ4v) is 3.45. The van der Waals surface area contributed by atoms with Crippen molar-refractivity contribution in [1.29, 1.82) is 0 Å². The predicted molar refractivity (Wildman–Crippen MR) is 109 cm³/mol. The highest BCUT2D eigenvalue weighted by Gasteiger charge is 2.25. The zero-order chi connectivity index (χ0) is 16.9. The molecule has 0 spiro atoms. The van der Waals surface area contributed by atoms with E-state index in [4.69, 9.17) is 0 Å². The average molecular weight is 417 g/mol. The van der Waals surface area contributed by atoms with Gasteiger partial charge in [-0.15, -0.1) is 36.2 Å². The van der Waals surface area contributed by atoms with Crippen LogP contribution in [0.25, 0.3) is 0 Å². The van der Waals surface area contributed by atoms with Crippen LogP contribution in [0.5, 0.6) is 0 Å². The zero-order valence-electron chi connectivity index (χ0n) is 14.2. The summed E-state index contributed by atoms with van der Waals surface area (Å²) in [6.45, 7) is 3.91. The number of aromatic nitrogens is 1. The molecule has 3 N–H and O–H groups in total. The fraction of sp³-hybridized carbons (Fsp3) is 0.353. The van der Waals surface area contributed by atoms with Crippen molar-refractivity contribution in [1.82, 2.24) is 15.6 Å². The molecule has 3 rings (SSSR count). The molecule has 6 nitrogen and oxygen atoms in total. The van der Waals surface area contributed by atoms with Gasteiger partial charge in [0, 0.05) is 30.5 Å². The average Bonchev–Trinajstić information content (AvgIpc) is 3.06. The van der Waals surface area contributed by atoms with Crippen LogP contribution in [0.2, 0.25) is 0 Å². The second kappa shape index (κ2) is 10.5. The molecule has 1 aliphatic rings. The highest BCUT2D eigenvalue weighted by atomic mass is 35.5. The maximum atomic E-state index is 12.6. The lowest BCUT2D eigenvalue weighted by atomic mass is 9.95. The number of piperidine rings is 1. The van der Waals surface area contributed by atoms with Gasteiger partial charge in [0.05, 0.1) is 5.69 Å². The van der Waals surface area contributed by atoms with Gasteiger partial charge in [0.1, 0.15) is 4.88 Å². The Bertz CT molecular complexity index is 727. The number of anilines is 1. The largest absolute Gasteiger partial charge is 0.347 e. The Hall–Kier alpha value is -1.67. The summed E-state index contributed by atoms with van der Waals surface area (Å²) in [5.74, 6) is 0.0400. The second-order valence-electron chi connectivity index (χ2n) is 5.90. The summed E-state index contributed by atoms with van der Waals surface area (Å²) in [7, 11) is 0. The number of rotatable bonds is 4. The number of amides is 2. The van der Waals surface area contributed by atoms with E-state index in [1.807, 2.05) is 0 Å². The van der Waals surface area contributed by atoms with E-state index >= 15 is 0 Å². The first-order valence-corrected chi connectivity index (χ1v) is 8.83. The Morgan fingerprint density at radius 3 is 2.62 bits per heavy atom. The van der Waals surface area contributed by atoms with Gasteiger partial charge < -0.3 is 16.0 Å². The molecule has 142 valence electrons. The lowest BCUT2D eigenvalue weighted by Crippen LogP contribution is -2.50. The first kappa shape index (κ1) is 22.4. The topological polar surface area (TPSA) is 83.1 Å². The number of pyridine rings is 1. The van der Waals surface area contributed by atoms with Gasteiger partial charge in [-0.1, -0.05) is 6.92 Å². The van der Waals surface area contributed by atoms with Crippen molar-refractivity contribution in [2.75, 3.05) is 18.4 Å². The van der Waals surface area contributed by atoms with Crippen LogP contribution in [-0.2, 0) is 0 Å². The third kappa shape index (κ3) is 5.41. The van der Waals surface area contributed by atoms with Crippen LogP contribution in [0.4, 0.5) is 5.69 Å². The van der Waals surface area contributed by atoms with Gasteiger partial charge in [-0.3, -0.25) is 14.6 Å². The molecule has 0 aliphatic carbocycles. The number of hydrogen-bond acceptors (Lipinski definition) is 5. The van der Waals surface area contributed by atoms with Crippen LogP contribution in [0.3, 0.4) is 0 Å². The highest BCUT2D eigenvalue weighted by molar-refractivity contribution is 7.12. The summed E-state index contributed by atoms with van der Waals surface area (Å²) in [6, 6.07) is 5.13. The van der Waals surface area contributed by atoms with Crippen molar-refractivity contribution in [3.05, 3.63) is 46.4 Å². The molecular weight excluding hydrogens is 395 g/mol. The zero-order valence-corrected chi connectivity index (χ0v) is 16.7. The minimum atomic E-state index is -0.252. The monoisotopic (exact) mass is 416 g/mol. The molecule has 2 aromatic heterocycles. The van der Waals surface area contributed by atoms with Gasteiger partial charge in [-0.05, 0) is 42.5 Å². The lowest BCUT2D eigenvalue weighted by molar-refractivity contribution is 0.0920. The standard InChI is InChI=1S/C17H20N4O2S.2ClH/c1-11-2-6-19-10-14(11)21-17(23)15-13(5-9-24-15)20-16(22)12-3-7-18-8-4-12;;/h3-5,7-9,11,14,19H,2,6,10H2,1H3,(H,20,22)(H,21,23);2*1H. The van der Waals surface area contributed by atoms with E-state index < -0.39 is 0 Å². The third-order valence-electron chi connectivity index (χ3n) is 4.21. The van der Waals surface area contributed by atoms with Crippen molar-refractivity contribution in [2.24, 2.45) is 5.92 Å². The number of carbonyl (C=O) groups excluding carboxylic acids is 2. The van der Waals surface area contributed by atoms with Gasteiger partial charge in [-0.25, -0.2) is 0 Å². The number of thiophene rings is 1. The highest BCUT2D eigenvalue weighted by Crippen LogP contribution is 2.23. The number of nitrogens with zero attached hydrogens (tertiary/aromatic N) is 1. The molecule has 1 aliphatic heterocycles. The molecule has 2 amide bonds. The van der Waals surface area contributed by atoms with Crippen LogP contribution >= 0.6 is 36.2 Å². The maximum absolute atomic E-state index is 12.6. The molecule has 0 radical (unpaired) electrons. The van der Waals surface area contributed by atoms with E-state index in [0.29, 0.717) is 22.0 Å². The molecule has 26 heavy (non-hydrogen) atoms. The molecule has 2 atom stereocenters. The van der Waals surface area contributed by atoms with Crippen molar-refractivity contribution < 1.29 is 9.59 Å². The molecular formula is C17H22Cl2N4O2S. The smallest absolute Gasteiger partial charge is 0.263 e.